The molecule has 2 saturated heterocycles. The van der Waals surface area contributed by atoms with Crippen LogP contribution in [0.15, 0.2) is 60.7 Å². The molecule has 238 valence electrons. The topological polar surface area (TPSA) is 122 Å². The molecular formula is C36H42N8O2. The second-order valence-electron chi connectivity index (χ2n) is 12.5. The molecule has 10 nitrogen and oxygen atoms in total. The van der Waals surface area contributed by atoms with E-state index in [0.29, 0.717) is 24.2 Å². The van der Waals surface area contributed by atoms with Gasteiger partial charge in [0.05, 0.1) is 22.1 Å². The fourth-order valence-electron chi connectivity index (χ4n) is 6.59. The van der Waals surface area contributed by atoms with Gasteiger partial charge in [-0.1, -0.05) is 37.1 Å². The summed E-state index contributed by atoms with van der Waals surface area (Å²) in [5.74, 6) is 1.35. The maximum absolute atomic E-state index is 12.8. The van der Waals surface area contributed by atoms with Crippen molar-refractivity contribution in [3.8, 4) is 22.8 Å². The minimum atomic E-state index is -0.0640. The molecule has 2 aromatic heterocycles. The Morgan fingerprint density at radius 2 is 1.00 bits per heavy atom. The van der Waals surface area contributed by atoms with E-state index >= 15 is 0 Å². The summed E-state index contributed by atoms with van der Waals surface area (Å²) in [6.07, 6.45) is 7.60. The third-order valence-electron chi connectivity index (χ3n) is 9.24. The van der Waals surface area contributed by atoms with Crippen molar-refractivity contribution in [2.75, 3.05) is 52.4 Å². The molecule has 7 rings (SSSR count). The van der Waals surface area contributed by atoms with Gasteiger partial charge in [-0.25, -0.2) is 9.97 Å². The fourth-order valence-corrected chi connectivity index (χ4v) is 6.59. The number of likely N-dealkylation sites (tertiary alicyclic amines) is 2. The highest BCUT2D eigenvalue weighted by Gasteiger charge is 2.15. The molecule has 0 bridgehead atoms. The average Bonchev–Trinajstić information content (AvgIpc) is 3.73. The Morgan fingerprint density at radius 3 is 1.41 bits per heavy atom. The van der Waals surface area contributed by atoms with Crippen molar-refractivity contribution in [3.63, 3.8) is 0 Å². The Labute approximate surface area is 269 Å². The van der Waals surface area contributed by atoms with Gasteiger partial charge in [0.1, 0.15) is 11.6 Å². The van der Waals surface area contributed by atoms with Gasteiger partial charge in [0, 0.05) is 48.4 Å². The van der Waals surface area contributed by atoms with Crippen LogP contribution in [0, 0.1) is 0 Å². The minimum Gasteiger partial charge on any atom is -0.351 e. The van der Waals surface area contributed by atoms with Crippen molar-refractivity contribution < 1.29 is 9.59 Å². The summed E-state index contributed by atoms with van der Waals surface area (Å²) in [7, 11) is 0. The van der Waals surface area contributed by atoms with Crippen molar-refractivity contribution in [2.45, 2.75) is 38.5 Å². The average molecular weight is 619 g/mol. The first-order chi connectivity index (χ1) is 22.6. The number of H-pyrrole nitrogens is 2. The SMILES string of the molecule is O=C(NCCN1CCCCC1)c1ccc2nc(-c3ccc(-c4nc5ccc(C(=O)NCCN6CCCCC6)cc5[nH]4)cc3)[nH]c2c1. The van der Waals surface area contributed by atoms with Gasteiger partial charge in [0.25, 0.3) is 11.8 Å². The molecule has 2 amide bonds. The number of fused-ring (bicyclic) bond motifs is 2. The quantitative estimate of drug-likeness (QED) is 0.171. The molecule has 2 aliphatic rings. The largest absolute Gasteiger partial charge is 0.351 e. The van der Waals surface area contributed by atoms with E-state index in [0.717, 1.165) is 84.1 Å². The van der Waals surface area contributed by atoms with Gasteiger partial charge in [0.2, 0.25) is 0 Å². The first-order valence-electron chi connectivity index (χ1n) is 16.7. The van der Waals surface area contributed by atoms with Gasteiger partial charge in [-0.2, -0.15) is 0 Å². The van der Waals surface area contributed by atoms with Gasteiger partial charge in [-0.3, -0.25) is 9.59 Å². The zero-order valence-corrected chi connectivity index (χ0v) is 26.3. The lowest BCUT2D eigenvalue weighted by molar-refractivity contribution is 0.0938. The number of imidazole rings is 2. The number of hydrogen-bond acceptors (Lipinski definition) is 6. The number of hydrogen-bond donors (Lipinski definition) is 4. The highest BCUT2D eigenvalue weighted by Crippen LogP contribution is 2.26. The number of piperidine rings is 2. The lowest BCUT2D eigenvalue weighted by atomic mass is 10.1. The van der Waals surface area contributed by atoms with Crippen LogP contribution in [0.5, 0.6) is 0 Å². The van der Waals surface area contributed by atoms with Crippen molar-refractivity contribution in [3.05, 3.63) is 71.8 Å². The van der Waals surface area contributed by atoms with Crippen LogP contribution >= 0.6 is 0 Å². The molecule has 5 aromatic rings. The summed E-state index contributed by atoms with van der Waals surface area (Å²) in [5, 5.41) is 6.13. The molecular weight excluding hydrogens is 576 g/mol. The summed E-state index contributed by atoms with van der Waals surface area (Å²) >= 11 is 0. The number of aromatic nitrogens is 4. The Kier molecular flexibility index (Phi) is 9.07. The van der Waals surface area contributed by atoms with Gasteiger partial charge in [-0.15, -0.1) is 0 Å². The maximum Gasteiger partial charge on any atom is 0.251 e. The number of benzene rings is 3. The number of nitrogens with zero attached hydrogens (tertiary/aromatic N) is 4. The van der Waals surface area contributed by atoms with Crippen LogP contribution in [0.3, 0.4) is 0 Å². The predicted octanol–water partition coefficient (Wildman–Crippen LogP) is 5.20. The number of nitrogens with one attached hydrogen (secondary N) is 4. The molecule has 0 spiro atoms. The third-order valence-corrected chi connectivity index (χ3v) is 9.24. The van der Waals surface area contributed by atoms with Crippen molar-refractivity contribution in [1.29, 1.82) is 0 Å². The Bertz CT molecular complexity index is 1680. The number of aromatic amines is 2. The van der Waals surface area contributed by atoms with Gasteiger partial charge in [0.15, 0.2) is 0 Å². The standard InChI is InChI=1S/C36H42N8O2/c45-35(37-15-21-43-17-3-1-4-18-43)27-11-13-29-31(23-27)41-33(39-29)25-7-9-26(10-8-25)34-40-30-14-12-28(24-32(30)42-34)36(46)38-16-22-44-19-5-2-6-20-44/h7-14,23-24H,1-6,15-22H2,(H,37,45)(H,38,46)(H,39,41)(H,40,42). The number of rotatable bonds is 10. The highest BCUT2D eigenvalue weighted by atomic mass is 16.2. The lowest BCUT2D eigenvalue weighted by Crippen LogP contribution is -2.37. The number of carbonyl (C=O) groups is 2. The Balaban J connectivity index is 0.978. The molecule has 2 fully saturated rings. The van der Waals surface area contributed by atoms with Crippen LogP contribution in [0.1, 0.15) is 59.2 Å². The molecule has 0 saturated carbocycles. The van der Waals surface area contributed by atoms with E-state index in [-0.39, 0.29) is 11.8 Å². The summed E-state index contributed by atoms with van der Waals surface area (Å²) in [5.41, 5.74) is 6.40. The maximum atomic E-state index is 12.8. The molecule has 0 aliphatic carbocycles. The van der Waals surface area contributed by atoms with E-state index in [1.165, 1.54) is 38.5 Å². The molecule has 3 aromatic carbocycles. The van der Waals surface area contributed by atoms with E-state index < -0.39 is 0 Å². The molecule has 0 unspecified atom stereocenters. The first kappa shape index (κ1) is 30.1. The zero-order valence-electron chi connectivity index (χ0n) is 26.3. The van der Waals surface area contributed by atoms with E-state index in [9.17, 15) is 9.59 Å². The van der Waals surface area contributed by atoms with Gasteiger partial charge in [-0.05, 0) is 88.3 Å². The van der Waals surface area contributed by atoms with E-state index in [1.54, 1.807) is 0 Å². The normalized spacial score (nSPS) is 16.2. The van der Waals surface area contributed by atoms with Crippen LogP contribution in [-0.2, 0) is 0 Å². The smallest absolute Gasteiger partial charge is 0.251 e. The second-order valence-corrected chi connectivity index (χ2v) is 12.5. The zero-order chi connectivity index (χ0) is 31.3. The molecule has 46 heavy (non-hydrogen) atoms. The minimum absolute atomic E-state index is 0.0640. The van der Waals surface area contributed by atoms with Crippen LogP contribution in [0.4, 0.5) is 0 Å². The van der Waals surface area contributed by atoms with Crippen molar-refractivity contribution >= 4 is 33.9 Å². The van der Waals surface area contributed by atoms with Gasteiger partial charge < -0.3 is 30.4 Å². The lowest BCUT2D eigenvalue weighted by Gasteiger charge is -2.26. The van der Waals surface area contributed by atoms with Gasteiger partial charge >= 0.3 is 0 Å². The van der Waals surface area contributed by atoms with Crippen molar-refractivity contribution in [1.82, 2.24) is 40.4 Å². The second kappa shape index (κ2) is 13.8. The van der Waals surface area contributed by atoms with Crippen LogP contribution in [0.25, 0.3) is 44.8 Å². The summed E-state index contributed by atoms with van der Waals surface area (Å²) in [6.45, 7) is 7.58. The highest BCUT2D eigenvalue weighted by molar-refractivity contribution is 5.98. The van der Waals surface area contributed by atoms with Crippen LogP contribution in [-0.4, -0.2) is 93.9 Å². The number of carbonyl (C=O) groups excluding carboxylic acids is 2. The molecule has 0 atom stereocenters. The van der Waals surface area contributed by atoms with E-state index in [4.69, 9.17) is 9.97 Å². The van der Waals surface area contributed by atoms with E-state index in [2.05, 4.69) is 30.4 Å². The molecule has 4 heterocycles. The Hall–Kier alpha value is -4.54. The Morgan fingerprint density at radius 1 is 0.587 bits per heavy atom. The summed E-state index contributed by atoms with van der Waals surface area (Å²) in [4.78, 5) is 46.7. The molecule has 2 aliphatic heterocycles. The van der Waals surface area contributed by atoms with E-state index in [1.807, 2.05) is 60.7 Å². The molecule has 4 N–H and O–H groups in total. The first-order valence-corrected chi connectivity index (χ1v) is 16.7. The van der Waals surface area contributed by atoms with Crippen molar-refractivity contribution in [2.24, 2.45) is 0 Å². The third kappa shape index (κ3) is 6.98. The predicted molar refractivity (Wildman–Crippen MR) is 182 cm³/mol. The molecule has 10 heteroatoms. The fraction of sp³-hybridized carbons (Fsp3) is 0.389. The summed E-state index contributed by atoms with van der Waals surface area (Å²) in [6, 6.07) is 19.2. The molecule has 0 radical (unpaired) electrons. The van der Waals surface area contributed by atoms with Crippen LogP contribution in [0.2, 0.25) is 0 Å². The summed E-state index contributed by atoms with van der Waals surface area (Å²) < 4.78 is 0. The number of amides is 2. The monoisotopic (exact) mass is 618 g/mol. The van der Waals surface area contributed by atoms with Crippen LogP contribution < -0.4 is 10.6 Å².